The molecule has 0 aromatic heterocycles. The number of hydrogen-bond donors (Lipinski definition) is 0. The number of unbranched alkanes of at least 4 members (excludes halogenated alkanes) is 1. The van der Waals surface area contributed by atoms with E-state index in [9.17, 15) is 4.79 Å². The van der Waals surface area contributed by atoms with E-state index in [1.54, 1.807) is 0 Å². The Morgan fingerprint density at radius 3 is 2.93 bits per heavy atom. The number of rotatable bonds is 3. The number of ketones is 1. The summed E-state index contributed by atoms with van der Waals surface area (Å²) in [6.07, 6.45) is 6.38. The maximum absolute atomic E-state index is 11.7. The molecular formula is C14H18O. The molecule has 1 aromatic carbocycles. The van der Waals surface area contributed by atoms with E-state index in [1.165, 1.54) is 24.0 Å². The maximum atomic E-state index is 11.7. The Morgan fingerprint density at radius 1 is 1.27 bits per heavy atom. The van der Waals surface area contributed by atoms with Crippen LogP contribution in [-0.2, 0) is 12.8 Å². The van der Waals surface area contributed by atoms with Crippen LogP contribution < -0.4 is 0 Å². The summed E-state index contributed by atoms with van der Waals surface area (Å²) in [6.45, 7) is 2.20. The van der Waals surface area contributed by atoms with E-state index in [2.05, 4.69) is 25.1 Å². The molecular weight excluding hydrogens is 184 g/mol. The molecule has 0 radical (unpaired) electrons. The summed E-state index contributed by atoms with van der Waals surface area (Å²) in [5.41, 5.74) is 3.58. The molecule has 15 heavy (non-hydrogen) atoms. The summed E-state index contributed by atoms with van der Waals surface area (Å²) in [5, 5.41) is 0. The van der Waals surface area contributed by atoms with Crippen LogP contribution in [0.3, 0.4) is 0 Å². The van der Waals surface area contributed by atoms with Gasteiger partial charge >= 0.3 is 0 Å². The molecule has 0 bridgehead atoms. The molecule has 2 rings (SSSR count). The van der Waals surface area contributed by atoms with Crippen LogP contribution in [0.15, 0.2) is 18.2 Å². The Labute approximate surface area is 91.5 Å². The number of hydrogen-bond acceptors (Lipinski definition) is 1. The van der Waals surface area contributed by atoms with Gasteiger partial charge in [0.1, 0.15) is 0 Å². The van der Waals surface area contributed by atoms with Gasteiger partial charge in [0.05, 0.1) is 0 Å². The second-order valence-corrected chi connectivity index (χ2v) is 4.37. The van der Waals surface area contributed by atoms with E-state index in [0.29, 0.717) is 5.78 Å². The quantitative estimate of drug-likeness (QED) is 0.732. The van der Waals surface area contributed by atoms with Crippen molar-refractivity contribution in [3.63, 3.8) is 0 Å². The second-order valence-electron chi connectivity index (χ2n) is 4.37. The third-order valence-corrected chi connectivity index (χ3v) is 3.14. The minimum Gasteiger partial charge on any atom is -0.294 e. The molecule has 0 unspecified atom stereocenters. The first-order chi connectivity index (χ1) is 7.31. The highest BCUT2D eigenvalue weighted by Crippen LogP contribution is 2.22. The topological polar surface area (TPSA) is 17.1 Å². The lowest BCUT2D eigenvalue weighted by atomic mass is 9.89. The minimum absolute atomic E-state index is 0.342. The molecule has 1 aromatic rings. The van der Waals surface area contributed by atoms with Gasteiger partial charge in [0.15, 0.2) is 5.78 Å². The second kappa shape index (κ2) is 4.61. The zero-order chi connectivity index (χ0) is 10.7. The van der Waals surface area contributed by atoms with Crippen molar-refractivity contribution in [3.05, 3.63) is 34.9 Å². The van der Waals surface area contributed by atoms with Crippen LogP contribution in [0.5, 0.6) is 0 Å². The monoisotopic (exact) mass is 202 g/mol. The van der Waals surface area contributed by atoms with Crippen molar-refractivity contribution in [3.8, 4) is 0 Å². The van der Waals surface area contributed by atoms with Crippen molar-refractivity contribution in [2.24, 2.45) is 0 Å². The van der Waals surface area contributed by atoms with Gasteiger partial charge in [0, 0.05) is 12.0 Å². The van der Waals surface area contributed by atoms with Crippen molar-refractivity contribution >= 4 is 5.78 Å². The molecule has 1 aliphatic carbocycles. The molecule has 1 aliphatic rings. The fourth-order valence-corrected chi connectivity index (χ4v) is 2.21. The van der Waals surface area contributed by atoms with Crippen LogP contribution >= 0.6 is 0 Å². The highest BCUT2D eigenvalue weighted by molar-refractivity contribution is 5.98. The molecule has 0 spiro atoms. The van der Waals surface area contributed by atoms with E-state index in [4.69, 9.17) is 0 Å². The molecule has 1 nitrogen and oxygen atoms in total. The first-order valence-corrected chi connectivity index (χ1v) is 5.96. The smallest absolute Gasteiger partial charge is 0.163 e. The number of fused-ring (bicyclic) bond motifs is 1. The Hall–Kier alpha value is -1.11. The van der Waals surface area contributed by atoms with Gasteiger partial charge in [-0.1, -0.05) is 25.5 Å². The van der Waals surface area contributed by atoms with Crippen molar-refractivity contribution in [1.82, 2.24) is 0 Å². The van der Waals surface area contributed by atoms with Crippen molar-refractivity contribution < 1.29 is 4.79 Å². The van der Waals surface area contributed by atoms with Crippen LogP contribution in [0.25, 0.3) is 0 Å². The average Bonchev–Trinajstić information content (AvgIpc) is 2.27. The van der Waals surface area contributed by atoms with Crippen molar-refractivity contribution in [2.75, 3.05) is 0 Å². The van der Waals surface area contributed by atoms with Crippen LogP contribution in [0, 0.1) is 0 Å². The van der Waals surface area contributed by atoms with Gasteiger partial charge in [-0.3, -0.25) is 4.79 Å². The van der Waals surface area contributed by atoms with Gasteiger partial charge in [0.2, 0.25) is 0 Å². The molecule has 0 heterocycles. The van der Waals surface area contributed by atoms with E-state index >= 15 is 0 Å². The Kier molecular flexibility index (Phi) is 3.20. The number of benzene rings is 1. The first-order valence-electron chi connectivity index (χ1n) is 5.96. The minimum atomic E-state index is 0.342. The van der Waals surface area contributed by atoms with Crippen LogP contribution in [0.4, 0.5) is 0 Å². The zero-order valence-corrected chi connectivity index (χ0v) is 9.38. The number of aryl methyl sites for hydroxylation is 2. The molecule has 0 N–H and O–H groups in total. The fraction of sp³-hybridized carbons (Fsp3) is 0.500. The van der Waals surface area contributed by atoms with Gasteiger partial charge in [0.25, 0.3) is 0 Å². The lowest BCUT2D eigenvalue weighted by molar-refractivity contribution is 0.0972. The van der Waals surface area contributed by atoms with Gasteiger partial charge < -0.3 is 0 Å². The predicted octanol–water partition coefficient (Wildman–Crippen LogP) is 3.55. The first kappa shape index (κ1) is 10.4. The van der Waals surface area contributed by atoms with Crippen LogP contribution in [0.1, 0.15) is 54.1 Å². The van der Waals surface area contributed by atoms with Gasteiger partial charge in [-0.2, -0.15) is 0 Å². The lowest BCUT2D eigenvalue weighted by Crippen LogP contribution is -2.11. The van der Waals surface area contributed by atoms with E-state index in [1.807, 2.05) is 0 Å². The summed E-state index contributed by atoms with van der Waals surface area (Å²) in [7, 11) is 0. The maximum Gasteiger partial charge on any atom is 0.163 e. The van der Waals surface area contributed by atoms with E-state index in [0.717, 1.165) is 31.2 Å². The molecule has 0 aliphatic heterocycles. The Balaban J connectivity index is 2.23. The summed E-state index contributed by atoms with van der Waals surface area (Å²) >= 11 is 0. The fourth-order valence-electron chi connectivity index (χ4n) is 2.21. The van der Waals surface area contributed by atoms with Gasteiger partial charge in [-0.25, -0.2) is 0 Å². The number of carbonyl (C=O) groups is 1. The Morgan fingerprint density at radius 2 is 2.13 bits per heavy atom. The number of Topliss-reactive ketones (excluding diaryl/α,β-unsaturated/α-hetero) is 1. The van der Waals surface area contributed by atoms with Gasteiger partial charge in [-0.15, -0.1) is 0 Å². The molecule has 1 heteroatoms. The Bertz CT molecular complexity index is 366. The highest BCUT2D eigenvalue weighted by Gasteiger charge is 2.16. The summed E-state index contributed by atoms with van der Waals surface area (Å²) in [6, 6.07) is 6.46. The van der Waals surface area contributed by atoms with Gasteiger partial charge in [-0.05, 0) is 42.9 Å². The SMILES string of the molecule is CCCCc1ccc2c(c1)C(=O)CCC2. The molecule has 0 saturated carbocycles. The normalized spacial score (nSPS) is 15.1. The average molecular weight is 202 g/mol. The van der Waals surface area contributed by atoms with Crippen molar-refractivity contribution in [1.29, 1.82) is 0 Å². The van der Waals surface area contributed by atoms with Crippen LogP contribution in [-0.4, -0.2) is 5.78 Å². The molecule has 0 saturated heterocycles. The molecule has 80 valence electrons. The standard InChI is InChI=1S/C14H18O/c1-2-3-5-11-8-9-12-6-4-7-14(15)13(12)10-11/h8-10H,2-7H2,1H3. The largest absolute Gasteiger partial charge is 0.294 e. The molecule has 0 atom stereocenters. The van der Waals surface area contributed by atoms with E-state index < -0.39 is 0 Å². The van der Waals surface area contributed by atoms with E-state index in [-0.39, 0.29) is 0 Å². The third kappa shape index (κ3) is 2.28. The summed E-state index contributed by atoms with van der Waals surface area (Å²) < 4.78 is 0. The third-order valence-electron chi connectivity index (χ3n) is 3.14. The zero-order valence-electron chi connectivity index (χ0n) is 9.38. The summed E-state index contributed by atoms with van der Waals surface area (Å²) in [4.78, 5) is 11.7. The summed E-state index contributed by atoms with van der Waals surface area (Å²) in [5.74, 6) is 0.342. The van der Waals surface area contributed by atoms with Crippen molar-refractivity contribution in [2.45, 2.75) is 45.4 Å². The number of carbonyl (C=O) groups excluding carboxylic acids is 1. The molecule has 0 fully saturated rings. The van der Waals surface area contributed by atoms with Crippen LogP contribution in [0.2, 0.25) is 0 Å². The lowest BCUT2D eigenvalue weighted by Gasteiger charge is -2.15. The molecule has 0 amide bonds. The highest BCUT2D eigenvalue weighted by atomic mass is 16.1. The predicted molar refractivity (Wildman–Crippen MR) is 62.3 cm³/mol.